The molecule has 0 bridgehead atoms. The van der Waals surface area contributed by atoms with Gasteiger partial charge in [0.05, 0.1) is 5.02 Å². The molecular weight excluding hydrogens is 389 g/mol. The Morgan fingerprint density at radius 3 is 2.64 bits per heavy atom. The number of benzene rings is 2. The zero-order chi connectivity index (χ0) is 16.3. The maximum atomic E-state index is 12.0. The fourth-order valence-corrected chi connectivity index (χ4v) is 3.14. The molecule has 0 unspecified atom stereocenters. The summed E-state index contributed by atoms with van der Waals surface area (Å²) in [6.45, 7) is 3.58. The minimum absolute atomic E-state index is 0.131. The van der Waals surface area contributed by atoms with E-state index >= 15 is 0 Å². The standard InChI is InChI=1S/C16H14BrCl2NO2/c1-9-6-11(17)7-13(19)16(9)22-8-15(21)20-14-5-3-4-12(18)10(14)2/h3-7H,8H2,1-2H3,(H,20,21). The van der Waals surface area contributed by atoms with Crippen LogP contribution in [0.3, 0.4) is 0 Å². The van der Waals surface area contributed by atoms with Crippen molar-refractivity contribution >= 4 is 50.7 Å². The van der Waals surface area contributed by atoms with Crippen LogP contribution >= 0.6 is 39.1 Å². The van der Waals surface area contributed by atoms with Gasteiger partial charge in [-0.1, -0.05) is 45.2 Å². The molecule has 0 spiro atoms. The van der Waals surface area contributed by atoms with Crippen molar-refractivity contribution in [3.8, 4) is 5.75 Å². The van der Waals surface area contributed by atoms with Crippen LogP contribution < -0.4 is 10.1 Å². The number of halogens is 3. The summed E-state index contributed by atoms with van der Waals surface area (Å²) in [7, 11) is 0. The molecule has 2 aromatic carbocycles. The fourth-order valence-electron chi connectivity index (χ4n) is 1.94. The molecule has 6 heteroatoms. The number of amides is 1. The summed E-state index contributed by atoms with van der Waals surface area (Å²) in [6.07, 6.45) is 0. The van der Waals surface area contributed by atoms with Crippen molar-refractivity contribution in [3.05, 3.63) is 56.0 Å². The van der Waals surface area contributed by atoms with E-state index in [-0.39, 0.29) is 12.5 Å². The van der Waals surface area contributed by atoms with Gasteiger partial charge in [0.1, 0.15) is 5.75 Å². The highest BCUT2D eigenvalue weighted by Gasteiger charge is 2.11. The largest absolute Gasteiger partial charge is 0.482 e. The lowest BCUT2D eigenvalue weighted by atomic mass is 10.2. The molecule has 2 rings (SSSR count). The molecule has 0 aliphatic rings. The van der Waals surface area contributed by atoms with Gasteiger partial charge in [0, 0.05) is 15.2 Å². The number of carbonyl (C=O) groups excluding carboxylic acids is 1. The van der Waals surface area contributed by atoms with Crippen molar-refractivity contribution in [1.82, 2.24) is 0 Å². The SMILES string of the molecule is Cc1cc(Br)cc(Cl)c1OCC(=O)Nc1cccc(Cl)c1C. The zero-order valence-electron chi connectivity index (χ0n) is 12.0. The van der Waals surface area contributed by atoms with E-state index in [1.807, 2.05) is 19.9 Å². The second-order valence-corrected chi connectivity index (χ2v) is 6.51. The Labute approximate surface area is 147 Å². The van der Waals surface area contributed by atoms with Crippen molar-refractivity contribution < 1.29 is 9.53 Å². The van der Waals surface area contributed by atoms with Crippen LogP contribution in [0.1, 0.15) is 11.1 Å². The number of ether oxygens (including phenoxy) is 1. The molecule has 0 aliphatic heterocycles. The van der Waals surface area contributed by atoms with Crippen molar-refractivity contribution in [2.45, 2.75) is 13.8 Å². The van der Waals surface area contributed by atoms with Crippen LogP contribution in [0.4, 0.5) is 5.69 Å². The molecule has 116 valence electrons. The Kier molecular flexibility index (Phi) is 5.73. The molecule has 0 aromatic heterocycles. The molecule has 0 atom stereocenters. The smallest absolute Gasteiger partial charge is 0.262 e. The summed E-state index contributed by atoms with van der Waals surface area (Å²) in [4.78, 5) is 12.0. The monoisotopic (exact) mass is 401 g/mol. The van der Waals surface area contributed by atoms with Gasteiger partial charge in [-0.2, -0.15) is 0 Å². The first-order valence-corrected chi connectivity index (χ1v) is 8.07. The third kappa shape index (κ3) is 4.15. The third-order valence-electron chi connectivity index (χ3n) is 3.08. The Bertz CT molecular complexity index is 696. The molecule has 1 N–H and O–H groups in total. The van der Waals surface area contributed by atoms with Gasteiger partial charge in [0.2, 0.25) is 0 Å². The van der Waals surface area contributed by atoms with Gasteiger partial charge in [-0.05, 0) is 49.2 Å². The predicted molar refractivity (Wildman–Crippen MR) is 94.2 cm³/mol. The Hall–Kier alpha value is -1.23. The molecule has 0 aliphatic carbocycles. The zero-order valence-corrected chi connectivity index (χ0v) is 15.1. The van der Waals surface area contributed by atoms with Crippen molar-refractivity contribution in [2.24, 2.45) is 0 Å². The summed E-state index contributed by atoms with van der Waals surface area (Å²) in [5.41, 5.74) is 2.33. The highest BCUT2D eigenvalue weighted by Crippen LogP contribution is 2.32. The lowest BCUT2D eigenvalue weighted by Crippen LogP contribution is -2.21. The van der Waals surface area contributed by atoms with Gasteiger partial charge < -0.3 is 10.1 Å². The van der Waals surface area contributed by atoms with Crippen molar-refractivity contribution in [3.63, 3.8) is 0 Å². The summed E-state index contributed by atoms with van der Waals surface area (Å²) >= 11 is 15.5. The molecule has 22 heavy (non-hydrogen) atoms. The maximum Gasteiger partial charge on any atom is 0.262 e. The number of hydrogen-bond donors (Lipinski definition) is 1. The van der Waals surface area contributed by atoms with E-state index < -0.39 is 0 Å². The Morgan fingerprint density at radius 1 is 1.23 bits per heavy atom. The summed E-state index contributed by atoms with van der Waals surface area (Å²) < 4.78 is 6.39. The number of rotatable bonds is 4. The van der Waals surface area contributed by atoms with Crippen molar-refractivity contribution in [1.29, 1.82) is 0 Å². The number of aryl methyl sites for hydroxylation is 1. The van der Waals surface area contributed by atoms with Gasteiger partial charge in [-0.3, -0.25) is 4.79 Å². The normalized spacial score (nSPS) is 10.4. The van der Waals surface area contributed by atoms with E-state index in [9.17, 15) is 4.79 Å². The Balaban J connectivity index is 2.03. The Morgan fingerprint density at radius 2 is 1.95 bits per heavy atom. The third-order valence-corrected chi connectivity index (χ3v) is 4.23. The first-order chi connectivity index (χ1) is 10.4. The number of carbonyl (C=O) groups is 1. The highest BCUT2D eigenvalue weighted by atomic mass is 79.9. The first kappa shape index (κ1) is 17.1. The van der Waals surface area contributed by atoms with Crippen LogP contribution in [0.5, 0.6) is 5.75 Å². The van der Waals surface area contributed by atoms with Crippen LogP contribution in [-0.4, -0.2) is 12.5 Å². The predicted octanol–water partition coefficient (Wildman–Crippen LogP) is 5.39. The number of nitrogens with one attached hydrogen (secondary N) is 1. The molecule has 1 amide bonds. The first-order valence-electron chi connectivity index (χ1n) is 6.52. The summed E-state index contributed by atoms with van der Waals surface area (Å²) in [5.74, 6) is 0.228. The second-order valence-electron chi connectivity index (χ2n) is 4.78. The molecule has 0 radical (unpaired) electrons. The molecule has 0 saturated carbocycles. The van der Waals surface area contributed by atoms with Gasteiger partial charge in [-0.25, -0.2) is 0 Å². The average Bonchev–Trinajstić information content (AvgIpc) is 2.42. The highest BCUT2D eigenvalue weighted by molar-refractivity contribution is 9.10. The molecular formula is C16H14BrCl2NO2. The minimum atomic E-state index is -0.274. The topological polar surface area (TPSA) is 38.3 Å². The minimum Gasteiger partial charge on any atom is -0.482 e. The van der Waals surface area contributed by atoms with Crippen molar-refractivity contribution in [2.75, 3.05) is 11.9 Å². The lowest BCUT2D eigenvalue weighted by Gasteiger charge is -2.13. The van der Waals surface area contributed by atoms with E-state index in [4.69, 9.17) is 27.9 Å². The molecule has 0 heterocycles. The second kappa shape index (κ2) is 7.36. The molecule has 3 nitrogen and oxygen atoms in total. The quantitative estimate of drug-likeness (QED) is 0.744. The van der Waals surface area contributed by atoms with E-state index in [0.717, 1.165) is 15.6 Å². The number of anilines is 1. The van der Waals surface area contributed by atoms with E-state index in [1.165, 1.54) is 0 Å². The van der Waals surface area contributed by atoms with Gasteiger partial charge in [-0.15, -0.1) is 0 Å². The molecule has 0 saturated heterocycles. The van der Waals surface area contributed by atoms with Crippen LogP contribution in [0, 0.1) is 13.8 Å². The molecule has 0 fully saturated rings. The molecule has 2 aromatic rings. The lowest BCUT2D eigenvalue weighted by molar-refractivity contribution is -0.118. The van der Waals surface area contributed by atoms with Gasteiger partial charge >= 0.3 is 0 Å². The average molecular weight is 403 g/mol. The summed E-state index contributed by atoms with van der Waals surface area (Å²) in [5, 5.41) is 3.83. The number of hydrogen-bond acceptors (Lipinski definition) is 2. The van der Waals surface area contributed by atoms with Crippen LogP contribution in [0.25, 0.3) is 0 Å². The van der Waals surface area contributed by atoms with E-state index in [0.29, 0.717) is 21.5 Å². The van der Waals surface area contributed by atoms with Crippen LogP contribution in [0.15, 0.2) is 34.8 Å². The van der Waals surface area contributed by atoms with Gasteiger partial charge in [0.25, 0.3) is 5.91 Å². The van der Waals surface area contributed by atoms with E-state index in [2.05, 4.69) is 21.2 Å². The van der Waals surface area contributed by atoms with Crippen LogP contribution in [-0.2, 0) is 4.79 Å². The van der Waals surface area contributed by atoms with E-state index in [1.54, 1.807) is 24.3 Å². The maximum absolute atomic E-state index is 12.0. The fraction of sp³-hybridized carbons (Fsp3) is 0.188. The summed E-state index contributed by atoms with van der Waals surface area (Å²) in [6, 6.07) is 8.94. The van der Waals surface area contributed by atoms with Gasteiger partial charge in [0.15, 0.2) is 6.61 Å². The van der Waals surface area contributed by atoms with Crippen LogP contribution in [0.2, 0.25) is 10.0 Å².